The summed E-state index contributed by atoms with van der Waals surface area (Å²) < 4.78 is 2.82. The van der Waals surface area contributed by atoms with E-state index < -0.39 is 22.2 Å². The summed E-state index contributed by atoms with van der Waals surface area (Å²) in [6, 6.07) is 0. The van der Waals surface area contributed by atoms with Gasteiger partial charge in [-0.3, -0.25) is 38.7 Å². The molecule has 12 heteroatoms. The van der Waals surface area contributed by atoms with Crippen molar-refractivity contribution in [2.24, 2.45) is 14.1 Å². The Morgan fingerprint density at radius 2 is 1.09 bits per heavy atom. The largest absolute Gasteiger partial charge is 0.339 e. The second-order valence-corrected chi connectivity index (χ2v) is 5.35. The van der Waals surface area contributed by atoms with Crippen molar-refractivity contribution in [2.75, 3.05) is 12.5 Å². The molecule has 0 aliphatic carbocycles. The van der Waals surface area contributed by atoms with Gasteiger partial charge in [-0.15, -0.1) is 0 Å². The van der Waals surface area contributed by atoms with Gasteiger partial charge in [0.1, 0.15) is 0 Å². The Morgan fingerprint density at radius 1 is 0.773 bits per heavy atom. The number of aromatic amines is 2. The molecule has 0 bridgehead atoms. The van der Waals surface area contributed by atoms with Crippen LogP contribution in [-0.4, -0.2) is 42.0 Å². The van der Waals surface area contributed by atoms with Crippen molar-refractivity contribution >= 4 is 23.5 Å². The molecule has 10 nitrogen and oxygen atoms in total. The minimum atomic E-state index is -0.743. The Kier molecular flexibility index (Phi) is 6.37. The monoisotopic (exact) mass is 346 g/mol. The van der Waals surface area contributed by atoms with Crippen LogP contribution in [0.4, 0.5) is 0 Å². The van der Waals surface area contributed by atoms with Crippen LogP contribution in [0.5, 0.6) is 0 Å². The van der Waals surface area contributed by atoms with Gasteiger partial charge in [0.05, 0.1) is 0 Å². The molecule has 0 radical (unpaired) electrons. The molecule has 2 rings (SSSR count). The number of hydrogen-bond donors (Lipinski definition) is 2. The van der Waals surface area contributed by atoms with Gasteiger partial charge in [0.15, 0.2) is 10.3 Å². The zero-order chi connectivity index (χ0) is 16.9. The third-order valence-electron chi connectivity index (χ3n) is 2.26. The van der Waals surface area contributed by atoms with Crippen LogP contribution >= 0.6 is 23.5 Å². The van der Waals surface area contributed by atoms with Crippen LogP contribution in [0.1, 0.15) is 0 Å². The fraction of sp³-hybridized carbons (Fsp3) is 0.400. The highest BCUT2D eigenvalue weighted by Gasteiger charge is 2.00. The molecular weight excluding hydrogens is 332 g/mol. The lowest BCUT2D eigenvalue weighted by Crippen LogP contribution is -2.33. The Morgan fingerprint density at radius 3 is 1.36 bits per heavy atom. The highest BCUT2D eigenvalue weighted by molar-refractivity contribution is 7.98. The van der Waals surface area contributed by atoms with Crippen molar-refractivity contribution in [1.29, 1.82) is 0 Å². The van der Waals surface area contributed by atoms with Crippen molar-refractivity contribution in [3.05, 3.63) is 41.4 Å². The van der Waals surface area contributed by atoms with Gasteiger partial charge in [0, 0.05) is 14.1 Å². The molecule has 0 aliphatic heterocycles. The number of nitrogens with zero attached hydrogens (tertiary/aromatic N) is 4. The molecule has 0 amide bonds. The van der Waals surface area contributed by atoms with Crippen LogP contribution in [0.25, 0.3) is 0 Å². The van der Waals surface area contributed by atoms with E-state index in [1.807, 2.05) is 0 Å². The van der Waals surface area contributed by atoms with Crippen LogP contribution < -0.4 is 22.2 Å². The topological polar surface area (TPSA) is 136 Å². The van der Waals surface area contributed by atoms with Gasteiger partial charge in [-0.25, -0.2) is 0 Å². The zero-order valence-corrected chi connectivity index (χ0v) is 13.9. The lowest BCUT2D eigenvalue weighted by molar-refractivity contribution is 0.597. The molecule has 120 valence electrons. The standard InChI is InChI=1S/2C5H7N3O2S/c2*1-8-5(11-2)6-3(9)4(10)7-8/h2*1-2H3,(H,7,10). The smallest absolute Gasteiger partial charge is 0.265 e. The van der Waals surface area contributed by atoms with Crippen LogP contribution in [0.3, 0.4) is 0 Å². The molecule has 0 spiro atoms. The first-order valence-electron chi connectivity index (χ1n) is 5.72. The van der Waals surface area contributed by atoms with Gasteiger partial charge >= 0.3 is 22.2 Å². The SMILES string of the molecule is CSc1nc(=O)c(=O)[nH]n1C.CSc1nc(=O)c(=O)[nH]n1C. The van der Waals surface area contributed by atoms with E-state index in [0.29, 0.717) is 10.3 Å². The molecular formula is C10H14N6O4S2. The van der Waals surface area contributed by atoms with E-state index >= 15 is 0 Å². The van der Waals surface area contributed by atoms with Gasteiger partial charge < -0.3 is 0 Å². The second kappa shape index (κ2) is 7.79. The van der Waals surface area contributed by atoms with E-state index in [2.05, 4.69) is 20.2 Å². The summed E-state index contributed by atoms with van der Waals surface area (Å²) in [5, 5.41) is 5.64. The molecule has 0 unspecified atom stereocenters. The lowest BCUT2D eigenvalue weighted by Gasteiger charge is -2.00. The molecule has 2 N–H and O–H groups in total. The Balaban J connectivity index is 0.000000220. The number of nitrogens with one attached hydrogen (secondary N) is 2. The number of aryl methyl sites for hydroxylation is 2. The van der Waals surface area contributed by atoms with Crippen LogP contribution in [-0.2, 0) is 14.1 Å². The van der Waals surface area contributed by atoms with E-state index in [1.165, 1.54) is 32.9 Å². The zero-order valence-electron chi connectivity index (χ0n) is 12.2. The van der Waals surface area contributed by atoms with Gasteiger partial charge in [-0.1, -0.05) is 23.5 Å². The maximum Gasteiger partial charge on any atom is 0.339 e. The molecule has 0 aliphatic rings. The van der Waals surface area contributed by atoms with E-state index in [-0.39, 0.29) is 0 Å². The van der Waals surface area contributed by atoms with E-state index in [9.17, 15) is 19.2 Å². The normalized spacial score (nSPS) is 10.0. The summed E-state index contributed by atoms with van der Waals surface area (Å²) in [6.07, 6.45) is 3.56. The molecule has 2 heterocycles. The fourth-order valence-electron chi connectivity index (χ4n) is 1.29. The van der Waals surface area contributed by atoms with Crippen molar-refractivity contribution < 1.29 is 0 Å². The predicted octanol–water partition coefficient (Wildman–Crippen LogP) is -1.62. The van der Waals surface area contributed by atoms with Gasteiger partial charge in [-0.05, 0) is 12.5 Å². The molecule has 0 saturated heterocycles. The van der Waals surface area contributed by atoms with Crippen molar-refractivity contribution in [3.63, 3.8) is 0 Å². The molecule has 0 aromatic carbocycles. The summed E-state index contributed by atoms with van der Waals surface area (Å²) >= 11 is 2.60. The van der Waals surface area contributed by atoms with Crippen molar-refractivity contribution in [2.45, 2.75) is 10.3 Å². The third-order valence-corrected chi connectivity index (χ3v) is 3.72. The number of hydrogen-bond acceptors (Lipinski definition) is 8. The predicted molar refractivity (Wildman–Crippen MR) is 83.8 cm³/mol. The minimum Gasteiger partial charge on any atom is -0.265 e. The number of rotatable bonds is 2. The summed E-state index contributed by atoms with van der Waals surface area (Å²) in [4.78, 5) is 49.7. The summed E-state index contributed by atoms with van der Waals surface area (Å²) in [5.41, 5.74) is -2.87. The second-order valence-electron chi connectivity index (χ2n) is 3.81. The quantitative estimate of drug-likeness (QED) is 0.489. The van der Waals surface area contributed by atoms with Gasteiger partial charge in [0.2, 0.25) is 0 Å². The molecule has 22 heavy (non-hydrogen) atoms. The van der Waals surface area contributed by atoms with E-state index in [1.54, 1.807) is 26.6 Å². The summed E-state index contributed by atoms with van der Waals surface area (Å²) in [6.45, 7) is 0. The summed E-state index contributed by atoms with van der Waals surface area (Å²) in [5.74, 6) is 0. The van der Waals surface area contributed by atoms with Crippen LogP contribution in [0.2, 0.25) is 0 Å². The highest BCUT2D eigenvalue weighted by Crippen LogP contribution is 2.04. The first-order chi connectivity index (χ1) is 10.3. The van der Waals surface area contributed by atoms with Crippen LogP contribution in [0, 0.1) is 0 Å². The molecule has 0 saturated carbocycles. The number of thioether (sulfide) groups is 2. The van der Waals surface area contributed by atoms with E-state index in [4.69, 9.17) is 0 Å². The number of aromatic nitrogens is 6. The average molecular weight is 346 g/mol. The van der Waals surface area contributed by atoms with Gasteiger partial charge in [-0.2, -0.15) is 9.97 Å². The van der Waals surface area contributed by atoms with Gasteiger partial charge in [0.25, 0.3) is 0 Å². The maximum absolute atomic E-state index is 10.7. The van der Waals surface area contributed by atoms with Crippen LogP contribution in [0.15, 0.2) is 29.5 Å². The number of H-pyrrole nitrogens is 2. The maximum atomic E-state index is 10.7. The molecule has 0 atom stereocenters. The average Bonchev–Trinajstić information content (AvgIpc) is 2.47. The third kappa shape index (κ3) is 4.46. The fourth-order valence-corrected chi connectivity index (χ4v) is 2.27. The first kappa shape index (κ1) is 18.0. The molecule has 2 aromatic heterocycles. The minimum absolute atomic E-state index is 0.495. The molecule has 0 fully saturated rings. The first-order valence-corrected chi connectivity index (χ1v) is 8.17. The summed E-state index contributed by atoms with van der Waals surface area (Å²) in [7, 11) is 3.25. The van der Waals surface area contributed by atoms with E-state index in [0.717, 1.165) is 0 Å². The Labute approximate surface area is 132 Å². The van der Waals surface area contributed by atoms with Crippen molar-refractivity contribution in [1.82, 2.24) is 29.5 Å². The Bertz CT molecular complexity index is 807. The highest BCUT2D eigenvalue weighted by atomic mass is 32.2. The van der Waals surface area contributed by atoms with Crippen molar-refractivity contribution in [3.8, 4) is 0 Å². The Hall–Kier alpha value is -2.08. The molecule has 2 aromatic rings. The lowest BCUT2D eigenvalue weighted by atomic mass is 10.8.